The van der Waals surface area contributed by atoms with Crippen molar-refractivity contribution in [1.82, 2.24) is 0 Å². The summed E-state index contributed by atoms with van der Waals surface area (Å²) in [5.41, 5.74) is 0. The molecule has 3 heteroatoms. The van der Waals surface area contributed by atoms with Gasteiger partial charge in [-0.3, -0.25) is 4.79 Å². The van der Waals surface area contributed by atoms with Gasteiger partial charge < -0.3 is 1.43 Å². The van der Waals surface area contributed by atoms with Crippen LogP contribution in [-0.4, -0.2) is 11.4 Å². The van der Waals surface area contributed by atoms with Crippen molar-refractivity contribution in [3.63, 3.8) is 0 Å². The Hall–Kier alpha value is 1.66. The molecule has 0 saturated carbocycles. The van der Waals surface area contributed by atoms with E-state index < -0.39 is 0 Å². The fourth-order valence-electron chi connectivity index (χ4n) is 0. The molecule has 32 valence electrons. The Morgan fingerprint density at radius 3 is 2.00 bits per heavy atom. The molecule has 0 N–H and O–H groups in total. The SMILES string of the molecule is CSC(C)=O.[H-].[K+]. The molecule has 1 nitrogen and oxygen atoms in total. The van der Waals surface area contributed by atoms with Gasteiger partial charge in [0.2, 0.25) is 0 Å². The molecule has 0 aliphatic carbocycles. The van der Waals surface area contributed by atoms with Gasteiger partial charge in [-0.1, -0.05) is 11.8 Å². The number of rotatable bonds is 0. The van der Waals surface area contributed by atoms with Crippen LogP contribution in [-0.2, 0) is 4.79 Å². The van der Waals surface area contributed by atoms with Crippen molar-refractivity contribution in [3.05, 3.63) is 0 Å². The Labute approximate surface area is 86.2 Å². The van der Waals surface area contributed by atoms with Crippen molar-refractivity contribution in [2.24, 2.45) is 0 Å². The molecule has 0 heterocycles. The molecule has 0 aliphatic rings. The largest absolute Gasteiger partial charge is 1.00 e. The van der Waals surface area contributed by atoms with Crippen molar-refractivity contribution in [2.75, 3.05) is 6.26 Å². The van der Waals surface area contributed by atoms with Crippen molar-refractivity contribution < 1.29 is 57.6 Å². The van der Waals surface area contributed by atoms with Gasteiger partial charge in [0, 0.05) is 6.92 Å². The molecule has 0 atom stereocenters. The predicted octanol–water partition coefficient (Wildman–Crippen LogP) is -1.99. The maximum atomic E-state index is 9.78. The Morgan fingerprint density at radius 1 is 1.83 bits per heavy atom. The minimum atomic E-state index is 0. The molecule has 0 amide bonds. The predicted molar refractivity (Wildman–Crippen MR) is 25.3 cm³/mol. The Balaban J connectivity index is -0.0000000800. The van der Waals surface area contributed by atoms with Gasteiger partial charge >= 0.3 is 51.4 Å². The van der Waals surface area contributed by atoms with Gasteiger partial charge in [-0.25, -0.2) is 0 Å². The molecule has 0 radical (unpaired) electrons. The molecule has 0 fully saturated rings. The molecular formula is C3H7KOS. The van der Waals surface area contributed by atoms with Crippen LogP contribution >= 0.6 is 11.8 Å². The monoisotopic (exact) mass is 130 g/mol. The van der Waals surface area contributed by atoms with E-state index in [2.05, 4.69) is 0 Å². The molecule has 0 spiro atoms. The average Bonchev–Trinajstić information content (AvgIpc) is 1.38. The molecule has 0 bridgehead atoms. The fourth-order valence-corrected chi connectivity index (χ4v) is 0. The van der Waals surface area contributed by atoms with E-state index in [4.69, 9.17) is 0 Å². The van der Waals surface area contributed by atoms with Crippen LogP contribution in [0.15, 0.2) is 0 Å². The summed E-state index contributed by atoms with van der Waals surface area (Å²) in [7, 11) is 0. The van der Waals surface area contributed by atoms with E-state index in [1.165, 1.54) is 11.8 Å². The number of carbonyl (C=O) groups is 1. The van der Waals surface area contributed by atoms with Gasteiger partial charge in [-0.15, -0.1) is 0 Å². The first-order valence-electron chi connectivity index (χ1n) is 1.32. The first-order valence-corrected chi connectivity index (χ1v) is 2.54. The van der Waals surface area contributed by atoms with Gasteiger partial charge in [0.15, 0.2) is 5.12 Å². The molecule has 0 aliphatic heterocycles. The van der Waals surface area contributed by atoms with Gasteiger partial charge in [0.05, 0.1) is 0 Å². The van der Waals surface area contributed by atoms with Crippen molar-refractivity contribution in [2.45, 2.75) is 6.92 Å². The van der Waals surface area contributed by atoms with Crippen LogP contribution in [0, 0.1) is 0 Å². The van der Waals surface area contributed by atoms with E-state index in [0.717, 1.165) is 0 Å². The molecule has 0 rings (SSSR count). The summed E-state index contributed by atoms with van der Waals surface area (Å²) in [4.78, 5) is 9.78. The number of hydrogen-bond acceptors (Lipinski definition) is 2. The average molecular weight is 130 g/mol. The molecule has 0 aromatic heterocycles. The third-order valence-corrected chi connectivity index (χ3v) is 0.862. The Morgan fingerprint density at radius 2 is 2.00 bits per heavy atom. The molecule has 0 aromatic rings. The van der Waals surface area contributed by atoms with Crippen LogP contribution in [0.25, 0.3) is 0 Å². The zero-order valence-corrected chi connectivity index (χ0v) is 8.26. The quantitative estimate of drug-likeness (QED) is 0.353. The molecular weight excluding hydrogens is 123 g/mol. The van der Waals surface area contributed by atoms with Gasteiger partial charge in [-0.2, -0.15) is 0 Å². The standard InChI is InChI=1S/C3H6OS.K.H/c1-3(4)5-2;;/h1-2H3;;/q;+1;-1. The summed E-state index contributed by atoms with van der Waals surface area (Å²) in [5.74, 6) is 0. The minimum Gasteiger partial charge on any atom is -1.00 e. The second-order valence-electron chi connectivity index (χ2n) is 0.696. The van der Waals surface area contributed by atoms with E-state index >= 15 is 0 Å². The van der Waals surface area contributed by atoms with E-state index in [1.54, 1.807) is 13.2 Å². The Kier molecular flexibility index (Phi) is 11.8. The van der Waals surface area contributed by atoms with Crippen LogP contribution in [0.5, 0.6) is 0 Å². The molecule has 0 unspecified atom stereocenters. The summed E-state index contributed by atoms with van der Waals surface area (Å²) in [6, 6.07) is 0. The number of thioether (sulfide) groups is 1. The van der Waals surface area contributed by atoms with Crippen LogP contribution < -0.4 is 51.4 Å². The van der Waals surface area contributed by atoms with Crippen LogP contribution in [0.1, 0.15) is 8.35 Å². The number of hydrogen-bond donors (Lipinski definition) is 0. The third-order valence-electron chi connectivity index (χ3n) is 0.287. The summed E-state index contributed by atoms with van der Waals surface area (Å²) < 4.78 is 0. The number of carbonyl (C=O) groups excluding carboxylic acids is 1. The minimum absolute atomic E-state index is 0. The van der Waals surface area contributed by atoms with E-state index in [1.807, 2.05) is 0 Å². The van der Waals surface area contributed by atoms with Crippen molar-refractivity contribution in [3.8, 4) is 0 Å². The third kappa shape index (κ3) is 9.17. The first kappa shape index (κ1) is 10.6. The van der Waals surface area contributed by atoms with E-state index in [-0.39, 0.29) is 57.9 Å². The van der Waals surface area contributed by atoms with Crippen LogP contribution in [0.2, 0.25) is 0 Å². The van der Waals surface area contributed by atoms with Crippen LogP contribution in [0.4, 0.5) is 0 Å². The zero-order chi connectivity index (χ0) is 4.28. The fraction of sp³-hybridized carbons (Fsp3) is 0.667. The molecule has 0 aromatic carbocycles. The van der Waals surface area contributed by atoms with Crippen LogP contribution in [0.3, 0.4) is 0 Å². The van der Waals surface area contributed by atoms with E-state index in [0.29, 0.717) is 0 Å². The van der Waals surface area contributed by atoms with Gasteiger partial charge in [0.1, 0.15) is 0 Å². The van der Waals surface area contributed by atoms with E-state index in [9.17, 15) is 4.79 Å². The maximum Gasteiger partial charge on any atom is 1.00 e. The smallest absolute Gasteiger partial charge is 1.00 e. The first-order chi connectivity index (χ1) is 2.27. The van der Waals surface area contributed by atoms with Gasteiger partial charge in [-0.05, 0) is 6.26 Å². The maximum absolute atomic E-state index is 9.78. The topological polar surface area (TPSA) is 17.1 Å². The molecule has 0 saturated heterocycles. The Bertz CT molecular complexity index is 50.2. The summed E-state index contributed by atoms with van der Waals surface area (Å²) in [6.45, 7) is 1.55. The molecule has 6 heavy (non-hydrogen) atoms. The summed E-state index contributed by atoms with van der Waals surface area (Å²) >= 11 is 1.24. The normalized spacial score (nSPS) is 6.33. The van der Waals surface area contributed by atoms with Gasteiger partial charge in [0.25, 0.3) is 0 Å². The summed E-state index contributed by atoms with van der Waals surface area (Å²) in [5, 5.41) is 0.171. The second kappa shape index (κ2) is 6.66. The summed E-state index contributed by atoms with van der Waals surface area (Å²) in [6.07, 6.45) is 1.77. The van der Waals surface area contributed by atoms with Crippen molar-refractivity contribution in [1.29, 1.82) is 0 Å². The second-order valence-corrected chi connectivity index (χ2v) is 1.68. The van der Waals surface area contributed by atoms with Crippen molar-refractivity contribution >= 4 is 16.9 Å². The zero-order valence-electron chi connectivity index (χ0n) is 5.32.